The van der Waals surface area contributed by atoms with Crippen molar-refractivity contribution in [1.82, 2.24) is 9.80 Å². The van der Waals surface area contributed by atoms with Gasteiger partial charge in [0.05, 0.1) is 17.2 Å². The number of piperidine rings is 2. The van der Waals surface area contributed by atoms with Crippen LogP contribution in [0.3, 0.4) is 0 Å². The molecule has 0 spiro atoms. The molecule has 31 heavy (non-hydrogen) atoms. The third-order valence-electron chi connectivity index (χ3n) is 6.29. The molecule has 0 bridgehead atoms. The third-order valence-corrected chi connectivity index (χ3v) is 6.66. The predicted octanol–water partition coefficient (Wildman–Crippen LogP) is 4.82. The summed E-state index contributed by atoms with van der Waals surface area (Å²) < 4.78 is 0. The first-order valence-corrected chi connectivity index (χ1v) is 11.6. The van der Waals surface area contributed by atoms with E-state index in [0.717, 1.165) is 62.4 Å². The number of halogens is 1. The van der Waals surface area contributed by atoms with E-state index in [2.05, 4.69) is 10.2 Å². The van der Waals surface area contributed by atoms with E-state index in [9.17, 15) is 9.59 Å². The topological polar surface area (TPSA) is 52.7 Å². The molecule has 2 aliphatic heterocycles. The second kappa shape index (κ2) is 10.3. The zero-order valence-electron chi connectivity index (χ0n) is 17.9. The van der Waals surface area contributed by atoms with Crippen molar-refractivity contribution in [1.29, 1.82) is 0 Å². The van der Waals surface area contributed by atoms with E-state index in [-0.39, 0.29) is 17.7 Å². The van der Waals surface area contributed by atoms with E-state index in [0.29, 0.717) is 17.8 Å². The van der Waals surface area contributed by atoms with Crippen LogP contribution in [0, 0.1) is 5.92 Å². The molecular formula is C25H30ClN3O2. The van der Waals surface area contributed by atoms with Crippen molar-refractivity contribution in [2.24, 2.45) is 5.92 Å². The molecule has 0 aromatic heterocycles. The lowest BCUT2D eigenvalue weighted by molar-refractivity contribution is -0.121. The van der Waals surface area contributed by atoms with Gasteiger partial charge < -0.3 is 10.2 Å². The van der Waals surface area contributed by atoms with Gasteiger partial charge in [-0.25, -0.2) is 0 Å². The largest absolute Gasteiger partial charge is 0.339 e. The van der Waals surface area contributed by atoms with Crippen molar-refractivity contribution >= 4 is 29.1 Å². The number of amides is 2. The van der Waals surface area contributed by atoms with Gasteiger partial charge in [-0.3, -0.25) is 14.5 Å². The van der Waals surface area contributed by atoms with Crippen molar-refractivity contribution in [2.45, 2.75) is 38.6 Å². The van der Waals surface area contributed by atoms with E-state index in [1.54, 1.807) is 0 Å². The smallest absolute Gasteiger partial charge is 0.255 e. The van der Waals surface area contributed by atoms with Crippen LogP contribution < -0.4 is 5.32 Å². The molecule has 2 amide bonds. The molecule has 2 aromatic rings. The van der Waals surface area contributed by atoms with Gasteiger partial charge in [-0.1, -0.05) is 41.9 Å². The SMILES string of the molecule is O=C(Nc1ccccc1C(=O)N1CCCCC1)C1CCCN(Cc2ccccc2Cl)C1. The minimum absolute atomic E-state index is 0.0113. The standard InChI is InChI=1S/C25H30ClN3O2/c26-22-12-4-2-9-19(22)17-28-14-8-10-20(18-28)24(30)27-23-13-5-3-11-21(23)25(31)29-15-6-1-7-16-29/h2-5,9,11-13,20H,1,6-8,10,14-18H2,(H,27,30). The number of likely N-dealkylation sites (tertiary alicyclic amines) is 2. The average molecular weight is 440 g/mol. The van der Waals surface area contributed by atoms with Crippen molar-refractivity contribution < 1.29 is 9.59 Å². The summed E-state index contributed by atoms with van der Waals surface area (Å²) in [6, 6.07) is 15.2. The Bertz CT molecular complexity index is 926. The van der Waals surface area contributed by atoms with E-state index in [4.69, 9.17) is 11.6 Å². The van der Waals surface area contributed by atoms with Crippen LogP contribution in [0.5, 0.6) is 0 Å². The lowest BCUT2D eigenvalue weighted by atomic mass is 9.96. The number of para-hydroxylation sites is 1. The summed E-state index contributed by atoms with van der Waals surface area (Å²) in [7, 11) is 0. The van der Waals surface area contributed by atoms with Gasteiger partial charge in [-0.15, -0.1) is 0 Å². The third kappa shape index (κ3) is 5.46. The Morgan fingerprint density at radius 3 is 2.48 bits per heavy atom. The Morgan fingerprint density at radius 2 is 1.68 bits per heavy atom. The van der Waals surface area contributed by atoms with Crippen LogP contribution in [0.25, 0.3) is 0 Å². The van der Waals surface area contributed by atoms with E-state index < -0.39 is 0 Å². The maximum Gasteiger partial charge on any atom is 0.255 e. The fraction of sp³-hybridized carbons (Fsp3) is 0.440. The van der Waals surface area contributed by atoms with Gasteiger partial charge in [-0.2, -0.15) is 0 Å². The van der Waals surface area contributed by atoms with Crippen LogP contribution in [0.2, 0.25) is 5.02 Å². The molecule has 2 fully saturated rings. The number of carbonyl (C=O) groups excluding carboxylic acids is 2. The number of rotatable bonds is 5. The average Bonchev–Trinajstić information content (AvgIpc) is 2.81. The van der Waals surface area contributed by atoms with E-state index in [1.165, 1.54) is 6.42 Å². The number of nitrogens with zero attached hydrogens (tertiary/aromatic N) is 2. The van der Waals surface area contributed by atoms with Crippen LogP contribution in [0.15, 0.2) is 48.5 Å². The fourth-order valence-electron chi connectivity index (χ4n) is 4.56. The first-order chi connectivity index (χ1) is 15.1. The Balaban J connectivity index is 1.41. The number of hydrogen-bond acceptors (Lipinski definition) is 3. The minimum Gasteiger partial charge on any atom is -0.339 e. The van der Waals surface area contributed by atoms with Crippen molar-refractivity contribution in [3.63, 3.8) is 0 Å². The van der Waals surface area contributed by atoms with Gasteiger partial charge in [0.2, 0.25) is 5.91 Å². The van der Waals surface area contributed by atoms with Crippen LogP contribution in [0.1, 0.15) is 48.0 Å². The van der Waals surface area contributed by atoms with Crippen molar-refractivity contribution in [3.8, 4) is 0 Å². The minimum atomic E-state index is -0.102. The Morgan fingerprint density at radius 1 is 0.935 bits per heavy atom. The van der Waals surface area contributed by atoms with Gasteiger partial charge >= 0.3 is 0 Å². The molecule has 1 N–H and O–H groups in total. The maximum absolute atomic E-state index is 13.1. The molecule has 2 saturated heterocycles. The highest BCUT2D eigenvalue weighted by Crippen LogP contribution is 2.25. The molecule has 1 atom stereocenters. The van der Waals surface area contributed by atoms with Gasteiger partial charge in [0.25, 0.3) is 5.91 Å². The second-order valence-electron chi connectivity index (χ2n) is 8.55. The van der Waals surface area contributed by atoms with E-state index >= 15 is 0 Å². The normalized spacial score (nSPS) is 19.8. The van der Waals surface area contributed by atoms with Gasteiger partial charge in [0.1, 0.15) is 0 Å². The van der Waals surface area contributed by atoms with Gasteiger partial charge in [0.15, 0.2) is 0 Å². The Kier molecular flexibility index (Phi) is 7.25. The molecule has 1 unspecified atom stereocenters. The summed E-state index contributed by atoms with van der Waals surface area (Å²) in [6.07, 6.45) is 5.09. The maximum atomic E-state index is 13.1. The fourth-order valence-corrected chi connectivity index (χ4v) is 4.76. The zero-order valence-corrected chi connectivity index (χ0v) is 18.6. The molecule has 0 saturated carbocycles. The second-order valence-corrected chi connectivity index (χ2v) is 8.96. The first kappa shape index (κ1) is 21.8. The van der Waals surface area contributed by atoms with Crippen molar-refractivity contribution in [3.05, 3.63) is 64.7 Å². The molecule has 4 rings (SSSR count). The summed E-state index contributed by atoms with van der Waals surface area (Å²) in [5, 5.41) is 3.82. The van der Waals surface area contributed by atoms with Crippen LogP contribution in [-0.2, 0) is 11.3 Å². The number of benzene rings is 2. The van der Waals surface area contributed by atoms with Crippen LogP contribution in [-0.4, -0.2) is 47.8 Å². The molecule has 164 valence electrons. The van der Waals surface area contributed by atoms with Crippen molar-refractivity contribution in [2.75, 3.05) is 31.5 Å². The lowest BCUT2D eigenvalue weighted by Crippen LogP contribution is -2.40. The zero-order chi connectivity index (χ0) is 21.6. The quantitative estimate of drug-likeness (QED) is 0.726. The molecule has 5 nitrogen and oxygen atoms in total. The van der Waals surface area contributed by atoms with Gasteiger partial charge in [-0.05, 0) is 62.4 Å². The van der Waals surface area contributed by atoms with Gasteiger partial charge in [0, 0.05) is 31.2 Å². The Hall–Kier alpha value is -2.37. The number of anilines is 1. The number of nitrogens with one attached hydrogen (secondary N) is 1. The summed E-state index contributed by atoms with van der Waals surface area (Å²) in [5.74, 6) is -0.100. The molecule has 2 aliphatic rings. The first-order valence-electron chi connectivity index (χ1n) is 11.3. The summed E-state index contributed by atoms with van der Waals surface area (Å²) in [4.78, 5) is 30.3. The molecule has 0 aliphatic carbocycles. The number of carbonyl (C=O) groups is 2. The Labute approximate surface area is 189 Å². The monoisotopic (exact) mass is 439 g/mol. The van der Waals surface area contributed by atoms with Crippen LogP contribution >= 0.6 is 11.6 Å². The van der Waals surface area contributed by atoms with E-state index in [1.807, 2.05) is 53.4 Å². The summed E-state index contributed by atoms with van der Waals surface area (Å²) in [6.45, 7) is 3.98. The van der Waals surface area contributed by atoms with Crippen LogP contribution in [0.4, 0.5) is 5.69 Å². The number of hydrogen-bond donors (Lipinski definition) is 1. The molecule has 2 heterocycles. The lowest BCUT2D eigenvalue weighted by Gasteiger charge is -2.32. The molecular weight excluding hydrogens is 410 g/mol. The summed E-state index contributed by atoms with van der Waals surface area (Å²) >= 11 is 6.32. The highest BCUT2D eigenvalue weighted by molar-refractivity contribution is 6.31. The molecule has 2 aromatic carbocycles. The summed E-state index contributed by atoms with van der Waals surface area (Å²) in [5.41, 5.74) is 2.29. The highest BCUT2D eigenvalue weighted by atomic mass is 35.5. The molecule has 0 radical (unpaired) electrons. The highest BCUT2D eigenvalue weighted by Gasteiger charge is 2.28. The molecule has 6 heteroatoms. The predicted molar refractivity (Wildman–Crippen MR) is 124 cm³/mol.